The molecule has 0 aliphatic rings. The number of hydrogen-bond donors (Lipinski definition) is 2. The monoisotopic (exact) mass is 232 g/mol. The number of imidazole rings is 1. The van der Waals surface area contributed by atoms with Crippen LogP contribution in [0.25, 0.3) is 0 Å². The van der Waals surface area contributed by atoms with Gasteiger partial charge < -0.3 is 15.4 Å². The Morgan fingerprint density at radius 3 is 2.94 bits per heavy atom. The number of aliphatic hydroxyl groups excluding tert-OH is 1. The SMILES string of the molecule is CCn1cncc1C(O)Cc1cnccc1N. The predicted molar refractivity (Wildman–Crippen MR) is 65.2 cm³/mol. The van der Waals surface area contributed by atoms with E-state index in [1.54, 1.807) is 31.0 Å². The maximum absolute atomic E-state index is 10.2. The zero-order valence-electron chi connectivity index (χ0n) is 9.74. The summed E-state index contributed by atoms with van der Waals surface area (Å²) in [5.74, 6) is 0. The van der Waals surface area contributed by atoms with Crippen LogP contribution in [-0.2, 0) is 13.0 Å². The molecule has 1 atom stereocenters. The van der Waals surface area contributed by atoms with Crippen molar-refractivity contribution in [2.24, 2.45) is 0 Å². The summed E-state index contributed by atoms with van der Waals surface area (Å²) in [7, 11) is 0. The van der Waals surface area contributed by atoms with E-state index in [1.807, 2.05) is 11.5 Å². The minimum absolute atomic E-state index is 0.450. The van der Waals surface area contributed by atoms with Crippen LogP contribution in [-0.4, -0.2) is 19.6 Å². The van der Waals surface area contributed by atoms with Crippen LogP contribution in [0.3, 0.4) is 0 Å². The quantitative estimate of drug-likeness (QED) is 0.829. The van der Waals surface area contributed by atoms with Crippen molar-refractivity contribution in [1.29, 1.82) is 0 Å². The molecule has 90 valence electrons. The molecule has 0 fully saturated rings. The average Bonchev–Trinajstić information content (AvgIpc) is 2.80. The van der Waals surface area contributed by atoms with E-state index in [0.717, 1.165) is 17.8 Å². The van der Waals surface area contributed by atoms with Crippen LogP contribution in [0.15, 0.2) is 31.0 Å². The third-order valence-electron chi connectivity index (χ3n) is 2.78. The Balaban J connectivity index is 2.17. The lowest BCUT2D eigenvalue weighted by molar-refractivity contribution is 0.169. The minimum atomic E-state index is -0.607. The second kappa shape index (κ2) is 4.97. The summed E-state index contributed by atoms with van der Waals surface area (Å²) in [5.41, 5.74) is 8.13. The Labute approximate surface area is 99.9 Å². The molecule has 2 aromatic heterocycles. The first kappa shape index (κ1) is 11.6. The van der Waals surface area contributed by atoms with Crippen LogP contribution in [0.5, 0.6) is 0 Å². The van der Waals surface area contributed by atoms with Gasteiger partial charge in [0.25, 0.3) is 0 Å². The van der Waals surface area contributed by atoms with E-state index in [9.17, 15) is 5.11 Å². The van der Waals surface area contributed by atoms with Crippen LogP contribution in [0.2, 0.25) is 0 Å². The summed E-state index contributed by atoms with van der Waals surface area (Å²) in [5, 5.41) is 10.2. The van der Waals surface area contributed by atoms with Gasteiger partial charge in [-0.2, -0.15) is 0 Å². The van der Waals surface area contributed by atoms with Gasteiger partial charge in [0, 0.05) is 31.0 Å². The van der Waals surface area contributed by atoms with E-state index in [4.69, 9.17) is 5.73 Å². The summed E-state index contributed by atoms with van der Waals surface area (Å²) >= 11 is 0. The molecule has 0 radical (unpaired) electrons. The van der Waals surface area contributed by atoms with Crippen LogP contribution in [0.4, 0.5) is 5.69 Å². The summed E-state index contributed by atoms with van der Waals surface area (Å²) in [4.78, 5) is 8.04. The fourth-order valence-electron chi connectivity index (χ4n) is 1.79. The van der Waals surface area contributed by atoms with Gasteiger partial charge in [0.2, 0.25) is 0 Å². The molecule has 2 heterocycles. The van der Waals surface area contributed by atoms with Crippen molar-refractivity contribution >= 4 is 5.69 Å². The van der Waals surface area contributed by atoms with E-state index in [-0.39, 0.29) is 0 Å². The van der Waals surface area contributed by atoms with Crippen molar-refractivity contribution in [3.05, 3.63) is 42.2 Å². The Morgan fingerprint density at radius 1 is 1.41 bits per heavy atom. The molecule has 2 rings (SSSR count). The van der Waals surface area contributed by atoms with Gasteiger partial charge >= 0.3 is 0 Å². The molecule has 3 N–H and O–H groups in total. The lowest BCUT2D eigenvalue weighted by Crippen LogP contribution is -2.09. The highest BCUT2D eigenvalue weighted by molar-refractivity contribution is 5.44. The van der Waals surface area contributed by atoms with Gasteiger partial charge in [-0.15, -0.1) is 0 Å². The first-order valence-corrected chi connectivity index (χ1v) is 5.58. The van der Waals surface area contributed by atoms with E-state index >= 15 is 0 Å². The predicted octanol–water partition coefficient (Wildman–Crippen LogP) is 1.16. The lowest BCUT2D eigenvalue weighted by Gasteiger charge is -2.13. The summed E-state index contributed by atoms with van der Waals surface area (Å²) in [6.45, 7) is 2.80. The molecule has 0 aliphatic carbocycles. The smallest absolute Gasteiger partial charge is 0.0997 e. The molecule has 0 aromatic carbocycles. The Kier molecular flexibility index (Phi) is 3.39. The molecule has 0 bridgehead atoms. The molecule has 5 nitrogen and oxygen atoms in total. The van der Waals surface area contributed by atoms with Crippen molar-refractivity contribution < 1.29 is 5.11 Å². The van der Waals surface area contributed by atoms with Crippen molar-refractivity contribution in [1.82, 2.24) is 14.5 Å². The van der Waals surface area contributed by atoms with E-state index in [2.05, 4.69) is 9.97 Å². The minimum Gasteiger partial charge on any atom is -0.398 e. The normalized spacial score (nSPS) is 12.6. The highest BCUT2D eigenvalue weighted by atomic mass is 16.3. The Hall–Kier alpha value is -1.88. The van der Waals surface area contributed by atoms with Crippen molar-refractivity contribution in [3.8, 4) is 0 Å². The maximum Gasteiger partial charge on any atom is 0.0997 e. The number of rotatable bonds is 4. The fourth-order valence-corrected chi connectivity index (χ4v) is 1.79. The number of pyridine rings is 1. The molecule has 0 amide bonds. The standard InChI is InChI=1S/C12H16N4O/c1-2-16-8-15-7-11(16)12(17)5-9-6-14-4-3-10(9)13/h3-4,6-8,12,17H,2,5H2,1H3,(H2,13,14). The van der Waals surface area contributed by atoms with Crippen molar-refractivity contribution in [3.63, 3.8) is 0 Å². The van der Waals surface area contributed by atoms with Crippen molar-refractivity contribution in [2.75, 3.05) is 5.73 Å². The van der Waals surface area contributed by atoms with Crippen LogP contribution < -0.4 is 5.73 Å². The first-order chi connectivity index (χ1) is 8.22. The van der Waals surface area contributed by atoms with Gasteiger partial charge in [-0.05, 0) is 18.6 Å². The van der Waals surface area contributed by atoms with E-state index < -0.39 is 6.10 Å². The molecule has 0 saturated carbocycles. The Morgan fingerprint density at radius 2 is 2.24 bits per heavy atom. The van der Waals surface area contributed by atoms with Gasteiger partial charge in [0.15, 0.2) is 0 Å². The topological polar surface area (TPSA) is 77.0 Å². The number of nitrogens with zero attached hydrogens (tertiary/aromatic N) is 3. The molecule has 5 heteroatoms. The van der Waals surface area contributed by atoms with Gasteiger partial charge in [0.1, 0.15) is 0 Å². The molecule has 0 spiro atoms. The number of aliphatic hydroxyl groups is 1. The highest BCUT2D eigenvalue weighted by Gasteiger charge is 2.14. The number of anilines is 1. The third-order valence-corrected chi connectivity index (χ3v) is 2.78. The van der Waals surface area contributed by atoms with Crippen LogP contribution in [0, 0.1) is 0 Å². The zero-order valence-corrected chi connectivity index (χ0v) is 9.74. The second-order valence-electron chi connectivity index (χ2n) is 3.90. The molecular weight excluding hydrogens is 216 g/mol. The molecule has 0 saturated heterocycles. The highest BCUT2D eigenvalue weighted by Crippen LogP contribution is 2.20. The molecule has 1 unspecified atom stereocenters. The van der Waals surface area contributed by atoms with Crippen LogP contribution >= 0.6 is 0 Å². The third kappa shape index (κ3) is 2.45. The van der Waals surface area contributed by atoms with Crippen molar-refractivity contribution in [2.45, 2.75) is 26.0 Å². The largest absolute Gasteiger partial charge is 0.398 e. The van der Waals surface area contributed by atoms with Gasteiger partial charge in [-0.25, -0.2) is 4.98 Å². The number of hydrogen-bond acceptors (Lipinski definition) is 4. The van der Waals surface area contributed by atoms with E-state index in [0.29, 0.717) is 12.1 Å². The number of nitrogens with two attached hydrogens (primary N) is 1. The van der Waals surface area contributed by atoms with Crippen LogP contribution in [0.1, 0.15) is 24.3 Å². The molecular formula is C12H16N4O. The maximum atomic E-state index is 10.2. The number of nitrogen functional groups attached to an aromatic ring is 1. The fraction of sp³-hybridized carbons (Fsp3) is 0.333. The number of aryl methyl sites for hydroxylation is 1. The zero-order chi connectivity index (χ0) is 12.3. The van der Waals surface area contributed by atoms with E-state index in [1.165, 1.54) is 0 Å². The average molecular weight is 232 g/mol. The summed E-state index contributed by atoms with van der Waals surface area (Å²) in [6, 6.07) is 1.74. The molecule has 2 aromatic rings. The summed E-state index contributed by atoms with van der Waals surface area (Å²) in [6.07, 6.45) is 6.56. The van der Waals surface area contributed by atoms with Gasteiger partial charge in [-0.1, -0.05) is 0 Å². The van der Waals surface area contributed by atoms with Gasteiger partial charge in [-0.3, -0.25) is 4.98 Å². The number of aromatic nitrogens is 3. The lowest BCUT2D eigenvalue weighted by atomic mass is 10.1. The molecule has 0 aliphatic heterocycles. The second-order valence-corrected chi connectivity index (χ2v) is 3.90. The Bertz CT molecular complexity index is 495. The molecule has 17 heavy (non-hydrogen) atoms. The summed E-state index contributed by atoms with van der Waals surface area (Å²) < 4.78 is 1.91. The van der Waals surface area contributed by atoms with Gasteiger partial charge in [0.05, 0.1) is 24.3 Å². The first-order valence-electron chi connectivity index (χ1n) is 5.58.